The molecule has 1 heterocycles. The summed E-state index contributed by atoms with van der Waals surface area (Å²) >= 11 is 0. The van der Waals surface area contributed by atoms with E-state index in [4.69, 9.17) is 4.74 Å². The molecule has 0 aromatic heterocycles. The molecule has 0 fully saturated rings. The fourth-order valence-corrected chi connectivity index (χ4v) is 1.63. The number of ether oxygens (including phenoxy) is 1. The van der Waals surface area contributed by atoms with Gasteiger partial charge in [-0.25, -0.2) is 4.99 Å². The van der Waals surface area contributed by atoms with E-state index in [1.54, 1.807) is 0 Å². The van der Waals surface area contributed by atoms with E-state index in [0.29, 0.717) is 5.92 Å². The molecule has 1 atom stereocenters. The molecule has 0 spiro atoms. The van der Waals surface area contributed by atoms with Gasteiger partial charge in [-0.3, -0.25) is 0 Å². The largest absolute Gasteiger partial charge is 0.471 e. The first-order chi connectivity index (χ1) is 7.12. The van der Waals surface area contributed by atoms with Crippen molar-refractivity contribution in [2.75, 3.05) is 0 Å². The van der Waals surface area contributed by atoms with Gasteiger partial charge in [0.05, 0.1) is 0 Å². The van der Waals surface area contributed by atoms with Crippen molar-refractivity contribution in [1.82, 2.24) is 0 Å². The van der Waals surface area contributed by atoms with Gasteiger partial charge in [0.1, 0.15) is 5.54 Å². The van der Waals surface area contributed by atoms with Crippen molar-refractivity contribution in [3.63, 3.8) is 0 Å². The lowest BCUT2D eigenvalue weighted by Crippen LogP contribution is -2.15. The van der Waals surface area contributed by atoms with Crippen molar-refractivity contribution in [1.29, 1.82) is 0 Å². The maximum Gasteiger partial charge on any atom is 0.187 e. The van der Waals surface area contributed by atoms with Crippen molar-refractivity contribution in [2.45, 2.75) is 26.3 Å². The van der Waals surface area contributed by atoms with Crippen LogP contribution in [0, 0.1) is 12.5 Å². The van der Waals surface area contributed by atoms with Crippen LogP contribution in [0.1, 0.15) is 26.3 Å². The topological polar surface area (TPSA) is 21.6 Å². The third-order valence-corrected chi connectivity index (χ3v) is 2.60. The maximum absolute atomic E-state index is 5.51. The van der Waals surface area contributed by atoms with E-state index in [1.165, 1.54) is 5.56 Å². The van der Waals surface area contributed by atoms with Crippen molar-refractivity contribution in [3.05, 3.63) is 42.5 Å². The Morgan fingerprint density at radius 2 is 1.87 bits per heavy atom. The smallest absolute Gasteiger partial charge is 0.187 e. The van der Waals surface area contributed by atoms with Crippen LogP contribution in [0.5, 0.6) is 0 Å². The van der Waals surface area contributed by atoms with Gasteiger partial charge in [-0.05, 0) is 12.5 Å². The zero-order chi connectivity index (χ0) is 10.9. The van der Waals surface area contributed by atoms with Gasteiger partial charge >= 0.3 is 0 Å². The number of nitrogens with zero attached hydrogens (tertiary/aromatic N) is 1. The summed E-state index contributed by atoms with van der Waals surface area (Å²) in [4.78, 5) is 4.63. The number of hydrogen-bond acceptors (Lipinski definition) is 2. The van der Waals surface area contributed by atoms with Gasteiger partial charge in [0.25, 0.3) is 0 Å². The third-order valence-electron chi connectivity index (χ3n) is 2.60. The van der Waals surface area contributed by atoms with Crippen LogP contribution in [0.4, 0.5) is 0 Å². The monoisotopic (exact) mass is 202 g/mol. The summed E-state index contributed by atoms with van der Waals surface area (Å²) in [6.07, 6.45) is 0. The van der Waals surface area contributed by atoms with Crippen LogP contribution in [0.25, 0.3) is 0 Å². The van der Waals surface area contributed by atoms with Crippen LogP contribution in [0.2, 0.25) is 0 Å². The lowest BCUT2D eigenvalue weighted by molar-refractivity contribution is 0.344. The molecular formula is C13H16NO. The maximum atomic E-state index is 5.51. The zero-order valence-electron chi connectivity index (χ0n) is 9.40. The fourth-order valence-electron chi connectivity index (χ4n) is 1.63. The Labute approximate surface area is 91.0 Å². The highest BCUT2D eigenvalue weighted by atomic mass is 16.5. The van der Waals surface area contributed by atoms with Crippen LogP contribution in [0.3, 0.4) is 0 Å². The zero-order valence-corrected chi connectivity index (χ0v) is 9.40. The quantitative estimate of drug-likeness (QED) is 0.722. The predicted molar refractivity (Wildman–Crippen MR) is 61.5 cm³/mol. The normalized spacial score (nSPS) is 25.2. The number of rotatable bonds is 2. The Morgan fingerprint density at radius 1 is 1.20 bits per heavy atom. The molecule has 79 valence electrons. The molecule has 2 rings (SSSR count). The molecule has 1 unspecified atom stereocenters. The summed E-state index contributed by atoms with van der Waals surface area (Å²) < 4.78 is 5.51. The van der Waals surface area contributed by atoms with E-state index < -0.39 is 0 Å². The molecule has 0 bridgehead atoms. The van der Waals surface area contributed by atoms with Crippen molar-refractivity contribution < 1.29 is 4.74 Å². The molecule has 1 aliphatic rings. The van der Waals surface area contributed by atoms with Crippen LogP contribution in [0.15, 0.2) is 35.3 Å². The van der Waals surface area contributed by atoms with E-state index in [0.717, 1.165) is 5.90 Å². The molecule has 1 aliphatic heterocycles. The molecule has 1 aromatic carbocycles. The molecule has 0 saturated carbocycles. The summed E-state index contributed by atoms with van der Waals surface area (Å²) in [7, 11) is 0. The second-order valence-electron chi connectivity index (χ2n) is 4.35. The predicted octanol–water partition coefficient (Wildman–Crippen LogP) is 3.15. The number of hydrogen-bond donors (Lipinski definition) is 0. The molecular weight excluding hydrogens is 186 g/mol. The second kappa shape index (κ2) is 3.69. The minimum Gasteiger partial charge on any atom is -0.471 e. The Balaban J connectivity index is 2.31. The molecule has 2 heteroatoms. The summed E-state index contributed by atoms with van der Waals surface area (Å²) in [5.74, 6) is 1.16. The number of aliphatic imine (C=N–C) groups is 1. The van der Waals surface area contributed by atoms with E-state index >= 15 is 0 Å². The van der Waals surface area contributed by atoms with Crippen LogP contribution in [-0.2, 0) is 10.3 Å². The Morgan fingerprint density at radius 3 is 2.40 bits per heavy atom. The van der Waals surface area contributed by atoms with E-state index in [9.17, 15) is 0 Å². The lowest BCUT2D eigenvalue weighted by Gasteiger charge is -2.17. The molecule has 1 radical (unpaired) electrons. The van der Waals surface area contributed by atoms with Gasteiger partial charge in [0, 0.05) is 5.92 Å². The second-order valence-corrected chi connectivity index (χ2v) is 4.35. The van der Waals surface area contributed by atoms with E-state index in [2.05, 4.69) is 37.9 Å². The van der Waals surface area contributed by atoms with Crippen LogP contribution in [-0.4, -0.2) is 5.90 Å². The van der Waals surface area contributed by atoms with E-state index in [-0.39, 0.29) is 5.54 Å². The van der Waals surface area contributed by atoms with Gasteiger partial charge < -0.3 is 4.74 Å². The SMILES string of the molecule is CC(C)C1=NC(C)(c2ccccc2)[CH]O1. The van der Waals surface area contributed by atoms with Gasteiger partial charge in [0.2, 0.25) is 0 Å². The van der Waals surface area contributed by atoms with Gasteiger partial charge in [-0.15, -0.1) is 0 Å². The molecule has 15 heavy (non-hydrogen) atoms. The molecule has 0 N–H and O–H groups in total. The average Bonchev–Trinajstić information content (AvgIpc) is 2.64. The standard InChI is InChI=1S/C13H16NO/c1-10(2)12-14-13(3,9-15-12)11-7-5-4-6-8-11/h4-10H,1-3H3. The molecule has 1 aromatic rings. The molecule has 0 amide bonds. The van der Waals surface area contributed by atoms with Crippen molar-refractivity contribution in [2.24, 2.45) is 10.9 Å². The van der Waals surface area contributed by atoms with Gasteiger partial charge in [0.15, 0.2) is 12.5 Å². The summed E-state index contributed by atoms with van der Waals surface area (Å²) in [6.45, 7) is 8.06. The van der Waals surface area contributed by atoms with Gasteiger partial charge in [-0.2, -0.15) is 0 Å². The minimum atomic E-state index is -0.319. The highest BCUT2D eigenvalue weighted by Crippen LogP contribution is 2.34. The van der Waals surface area contributed by atoms with Crippen molar-refractivity contribution in [3.8, 4) is 0 Å². The summed E-state index contributed by atoms with van der Waals surface area (Å²) in [5.41, 5.74) is 0.849. The molecule has 0 saturated heterocycles. The Kier molecular flexibility index (Phi) is 2.51. The molecule has 2 nitrogen and oxygen atoms in total. The average molecular weight is 202 g/mol. The highest BCUT2D eigenvalue weighted by molar-refractivity contribution is 5.81. The van der Waals surface area contributed by atoms with Crippen LogP contribution >= 0.6 is 0 Å². The Bertz CT molecular complexity index is 369. The van der Waals surface area contributed by atoms with E-state index in [1.807, 2.05) is 24.8 Å². The van der Waals surface area contributed by atoms with Crippen LogP contribution < -0.4 is 0 Å². The number of benzene rings is 1. The first-order valence-electron chi connectivity index (χ1n) is 5.28. The fraction of sp³-hybridized carbons (Fsp3) is 0.385. The Hall–Kier alpha value is -1.31. The van der Waals surface area contributed by atoms with Crippen molar-refractivity contribution >= 4 is 5.90 Å². The third kappa shape index (κ3) is 1.89. The summed E-state index contributed by atoms with van der Waals surface area (Å²) in [5, 5.41) is 0. The highest BCUT2D eigenvalue weighted by Gasteiger charge is 2.34. The first-order valence-corrected chi connectivity index (χ1v) is 5.28. The molecule has 0 aliphatic carbocycles. The lowest BCUT2D eigenvalue weighted by atomic mass is 9.94. The van der Waals surface area contributed by atoms with Gasteiger partial charge in [-0.1, -0.05) is 44.2 Å². The summed E-state index contributed by atoms with van der Waals surface area (Å²) in [6, 6.07) is 10.2. The first kappa shape index (κ1) is 10.2. The minimum absolute atomic E-state index is 0.319.